The predicted octanol–water partition coefficient (Wildman–Crippen LogP) is 3.62. The summed E-state index contributed by atoms with van der Waals surface area (Å²) in [6.45, 7) is 4.17. The number of carbonyl (C=O) groups is 1. The first-order chi connectivity index (χ1) is 21.0. The van der Waals surface area contributed by atoms with Crippen LogP contribution in [0.4, 0.5) is 0 Å². The number of aryl methyl sites for hydroxylation is 1. The quantitative estimate of drug-likeness (QED) is 0.259. The number of benzene rings is 1. The minimum Gasteiger partial charge on any atom is -0.460 e. The Labute approximate surface area is 254 Å². The van der Waals surface area contributed by atoms with Gasteiger partial charge in [0, 0.05) is 42.0 Å². The molecule has 1 saturated heterocycles. The number of halogens is 1. The molecule has 7 rings (SSSR count). The summed E-state index contributed by atoms with van der Waals surface area (Å²) in [6.07, 6.45) is 4.69. The number of pyridine rings is 1. The zero-order valence-corrected chi connectivity index (χ0v) is 24.6. The maximum Gasteiger partial charge on any atom is 0.348 e. The molecule has 2 aliphatic rings. The number of tetrazole rings is 1. The highest BCUT2D eigenvalue weighted by molar-refractivity contribution is 7.17. The van der Waals surface area contributed by atoms with Gasteiger partial charge in [-0.1, -0.05) is 11.6 Å². The molecule has 1 N–H and O–H groups in total. The summed E-state index contributed by atoms with van der Waals surface area (Å²) in [7, 11) is 0. The molecule has 0 saturated carbocycles. The molecule has 6 heterocycles. The number of morpholine rings is 1. The molecular weight excluding hydrogens is 592 g/mol. The van der Waals surface area contributed by atoms with Crippen molar-refractivity contribution >= 4 is 28.9 Å². The van der Waals surface area contributed by atoms with Crippen LogP contribution in [0.15, 0.2) is 59.8 Å². The monoisotopic (exact) mass is 618 g/mol. The van der Waals surface area contributed by atoms with Crippen molar-refractivity contribution in [3.8, 4) is 27.4 Å². The van der Waals surface area contributed by atoms with Crippen LogP contribution in [-0.2, 0) is 15.9 Å². The van der Waals surface area contributed by atoms with E-state index in [1.165, 1.54) is 17.7 Å². The van der Waals surface area contributed by atoms with Gasteiger partial charge in [0.25, 0.3) is 5.56 Å². The van der Waals surface area contributed by atoms with Crippen molar-refractivity contribution in [3.63, 3.8) is 0 Å². The summed E-state index contributed by atoms with van der Waals surface area (Å²) >= 11 is 7.68. The molecule has 43 heavy (non-hydrogen) atoms. The molecule has 1 atom stereocenters. The number of fused-ring (bicyclic) bond motifs is 1. The smallest absolute Gasteiger partial charge is 0.348 e. The number of nitrogens with one attached hydrogen (secondary N) is 1. The minimum absolute atomic E-state index is 0.131. The van der Waals surface area contributed by atoms with E-state index in [2.05, 4.69) is 30.4 Å². The number of H-pyrrole nitrogens is 1. The minimum atomic E-state index is -0.334. The first-order valence-electron chi connectivity index (χ1n) is 13.9. The normalized spacial score (nSPS) is 16.8. The van der Waals surface area contributed by atoms with Gasteiger partial charge in [0.2, 0.25) is 0 Å². The van der Waals surface area contributed by atoms with E-state index in [0.29, 0.717) is 48.5 Å². The third kappa shape index (κ3) is 5.64. The average Bonchev–Trinajstić information content (AvgIpc) is 3.84. The molecule has 1 aromatic carbocycles. The topological polar surface area (TPSA) is 133 Å². The summed E-state index contributed by atoms with van der Waals surface area (Å²) in [5.74, 6) is 0.364. The van der Waals surface area contributed by atoms with E-state index in [-0.39, 0.29) is 17.6 Å². The van der Waals surface area contributed by atoms with Gasteiger partial charge in [-0.3, -0.25) is 9.69 Å². The molecule has 1 fully saturated rings. The molecule has 220 valence electrons. The van der Waals surface area contributed by atoms with E-state index >= 15 is 0 Å². The zero-order chi connectivity index (χ0) is 29.3. The average molecular weight is 619 g/mol. The van der Waals surface area contributed by atoms with Gasteiger partial charge in [0.05, 0.1) is 41.7 Å². The van der Waals surface area contributed by atoms with Crippen LogP contribution in [0.1, 0.15) is 33.7 Å². The number of rotatable bonds is 8. The van der Waals surface area contributed by atoms with Crippen LogP contribution in [0, 0.1) is 0 Å². The highest BCUT2D eigenvalue weighted by Gasteiger charge is 2.28. The molecule has 12 nitrogen and oxygen atoms in total. The second-order valence-corrected chi connectivity index (χ2v) is 11.9. The van der Waals surface area contributed by atoms with Crippen molar-refractivity contribution in [1.82, 2.24) is 39.6 Å². The third-order valence-corrected chi connectivity index (χ3v) is 9.06. The molecule has 5 aromatic rings. The van der Waals surface area contributed by atoms with Crippen LogP contribution < -0.4 is 5.56 Å². The summed E-state index contributed by atoms with van der Waals surface area (Å²) in [5, 5.41) is 12.0. The lowest BCUT2D eigenvalue weighted by atomic mass is 10.0. The molecule has 14 heteroatoms. The van der Waals surface area contributed by atoms with Gasteiger partial charge in [-0.25, -0.2) is 9.78 Å². The molecular formula is C29H27ClN8O4S. The largest absolute Gasteiger partial charge is 0.460 e. The van der Waals surface area contributed by atoms with E-state index in [1.807, 2.05) is 24.3 Å². The van der Waals surface area contributed by atoms with Crippen molar-refractivity contribution in [2.75, 3.05) is 39.5 Å². The van der Waals surface area contributed by atoms with Crippen LogP contribution in [-0.4, -0.2) is 85.1 Å². The third-order valence-electron chi connectivity index (χ3n) is 7.73. The SMILES string of the molecule is O=C(OCCN1CCOCC1)c1ccc(-c2cnc([C@@H]3CCc4cc(-c5cc(Cl)ccc5-n5cnnn5)cc(=O)n43)[nH]2)s1. The molecule has 0 aliphatic carbocycles. The first kappa shape index (κ1) is 27.7. The highest BCUT2D eigenvalue weighted by Crippen LogP contribution is 2.35. The van der Waals surface area contributed by atoms with Crippen molar-refractivity contribution in [1.29, 1.82) is 0 Å². The lowest BCUT2D eigenvalue weighted by molar-refractivity contribution is 0.0197. The summed E-state index contributed by atoms with van der Waals surface area (Å²) in [5.41, 5.74) is 3.79. The van der Waals surface area contributed by atoms with Gasteiger partial charge in [0.15, 0.2) is 0 Å². The molecule has 0 radical (unpaired) electrons. The van der Waals surface area contributed by atoms with Gasteiger partial charge in [-0.05, 0) is 65.2 Å². The fraction of sp³-hybridized carbons (Fsp3) is 0.310. The van der Waals surface area contributed by atoms with Crippen LogP contribution in [0.3, 0.4) is 0 Å². The lowest BCUT2D eigenvalue weighted by Gasteiger charge is -2.26. The molecule has 4 aromatic heterocycles. The fourth-order valence-electron chi connectivity index (χ4n) is 5.61. The Hall–Kier alpha value is -4.17. The van der Waals surface area contributed by atoms with Gasteiger partial charge in [0.1, 0.15) is 23.6 Å². The van der Waals surface area contributed by atoms with Crippen molar-refractivity contribution in [3.05, 3.63) is 86.8 Å². The van der Waals surface area contributed by atoms with Crippen LogP contribution in [0.5, 0.6) is 0 Å². The Morgan fingerprint density at radius 3 is 2.88 bits per heavy atom. The maximum atomic E-state index is 13.5. The van der Waals surface area contributed by atoms with E-state index < -0.39 is 0 Å². The molecule has 2 aliphatic heterocycles. The second kappa shape index (κ2) is 11.8. The summed E-state index contributed by atoms with van der Waals surface area (Å²) < 4.78 is 14.2. The number of aromatic nitrogens is 7. The fourth-order valence-corrected chi connectivity index (χ4v) is 6.64. The standard InChI is InChI=1S/C29H27ClN8O4S/c30-19-1-3-23(37-17-32-34-35-37)21(15-19)18-13-20-2-4-24(38(20)27(39)14-18)28-31-16-22(33-28)25-5-6-26(43-25)29(40)42-12-9-36-7-10-41-11-8-36/h1,3,5-6,13-17,24H,2,4,7-12H2,(H,31,33)/t24-/m0/s1. The Morgan fingerprint density at radius 1 is 1.16 bits per heavy atom. The van der Waals surface area contributed by atoms with Crippen molar-refractivity contribution in [2.24, 2.45) is 0 Å². The highest BCUT2D eigenvalue weighted by atomic mass is 35.5. The number of esters is 1. The van der Waals surface area contributed by atoms with E-state index in [0.717, 1.165) is 52.6 Å². The summed E-state index contributed by atoms with van der Waals surface area (Å²) in [6, 6.07) is 12.5. The van der Waals surface area contributed by atoms with E-state index in [1.54, 1.807) is 33.6 Å². The molecule has 0 unspecified atom stereocenters. The van der Waals surface area contributed by atoms with Crippen molar-refractivity contribution in [2.45, 2.75) is 18.9 Å². The number of thiophene rings is 1. The zero-order valence-electron chi connectivity index (χ0n) is 23.0. The van der Waals surface area contributed by atoms with Crippen LogP contribution in [0.25, 0.3) is 27.4 Å². The Balaban J connectivity index is 1.08. The first-order valence-corrected chi connectivity index (χ1v) is 15.1. The molecule has 0 amide bonds. The van der Waals surface area contributed by atoms with Gasteiger partial charge in [-0.15, -0.1) is 16.4 Å². The van der Waals surface area contributed by atoms with Gasteiger partial charge in [-0.2, -0.15) is 4.68 Å². The predicted molar refractivity (Wildman–Crippen MR) is 160 cm³/mol. The Bertz CT molecular complexity index is 1830. The number of aromatic amines is 1. The lowest BCUT2D eigenvalue weighted by Crippen LogP contribution is -2.38. The van der Waals surface area contributed by atoms with Crippen LogP contribution in [0.2, 0.25) is 5.02 Å². The second-order valence-electron chi connectivity index (χ2n) is 10.3. The number of ether oxygens (including phenoxy) is 2. The summed E-state index contributed by atoms with van der Waals surface area (Å²) in [4.78, 5) is 37.8. The number of hydrogen-bond acceptors (Lipinski definition) is 10. The molecule has 0 bridgehead atoms. The number of nitrogens with zero attached hydrogens (tertiary/aromatic N) is 7. The Morgan fingerprint density at radius 2 is 2.05 bits per heavy atom. The van der Waals surface area contributed by atoms with E-state index in [9.17, 15) is 9.59 Å². The number of carbonyl (C=O) groups excluding carboxylic acids is 1. The van der Waals surface area contributed by atoms with Crippen LogP contribution >= 0.6 is 22.9 Å². The maximum absolute atomic E-state index is 13.5. The van der Waals surface area contributed by atoms with Gasteiger partial charge >= 0.3 is 5.97 Å². The van der Waals surface area contributed by atoms with Gasteiger partial charge < -0.3 is 19.0 Å². The van der Waals surface area contributed by atoms with E-state index in [4.69, 9.17) is 21.1 Å². The number of imidazole rings is 1. The number of hydrogen-bond donors (Lipinski definition) is 1. The molecule has 0 spiro atoms. The Kier molecular flexibility index (Phi) is 7.61. The van der Waals surface area contributed by atoms with Crippen molar-refractivity contribution < 1.29 is 14.3 Å².